The first kappa shape index (κ1) is 17.9. The smallest absolute Gasteiger partial charge is 0.261 e. The van der Waals surface area contributed by atoms with E-state index < -0.39 is 6.04 Å². The Morgan fingerprint density at radius 3 is 2.93 bits per heavy atom. The number of H-pyrrole nitrogens is 1. The van der Waals surface area contributed by atoms with Crippen molar-refractivity contribution in [1.82, 2.24) is 25.3 Å². The fraction of sp³-hybridized carbons (Fsp3) is 0.263. The lowest BCUT2D eigenvalue weighted by molar-refractivity contribution is -0.137. The topological polar surface area (TPSA) is 113 Å². The molecule has 144 valence electrons. The molecule has 1 aliphatic heterocycles. The molecule has 3 heterocycles. The van der Waals surface area contributed by atoms with Gasteiger partial charge in [0.25, 0.3) is 17.4 Å². The highest BCUT2D eigenvalue weighted by atomic mass is 16.5. The number of nitrogens with zero attached hydrogens (tertiary/aromatic N) is 3. The average molecular weight is 381 g/mol. The van der Waals surface area contributed by atoms with Crippen molar-refractivity contribution >= 4 is 5.91 Å². The third kappa shape index (κ3) is 3.79. The van der Waals surface area contributed by atoms with Gasteiger partial charge in [0.05, 0.1) is 5.56 Å². The van der Waals surface area contributed by atoms with Crippen LogP contribution in [0.3, 0.4) is 0 Å². The lowest BCUT2D eigenvalue weighted by atomic mass is 10.2. The van der Waals surface area contributed by atoms with E-state index in [4.69, 9.17) is 9.26 Å². The molecule has 1 amide bonds. The molecule has 1 atom stereocenters. The molecule has 4 rings (SSSR count). The van der Waals surface area contributed by atoms with Crippen molar-refractivity contribution < 1.29 is 14.1 Å². The standard InChI is InChI=1S/C19H19N5O4/c25-16(12-27-13-5-2-1-3-6-13)24-10-9-20-11-15(24)19-22-17(23-28-19)14-7-4-8-21-18(14)26/h1-8,15,20H,9-12H2,(H,21,26)/t15-/m1/s1. The fourth-order valence-electron chi connectivity index (χ4n) is 3.05. The maximum Gasteiger partial charge on any atom is 0.261 e. The maximum absolute atomic E-state index is 12.7. The highest BCUT2D eigenvalue weighted by Crippen LogP contribution is 2.23. The van der Waals surface area contributed by atoms with Gasteiger partial charge in [0.15, 0.2) is 6.61 Å². The molecule has 0 spiro atoms. The number of hydrogen-bond donors (Lipinski definition) is 2. The quantitative estimate of drug-likeness (QED) is 0.677. The van der Waals surface area contributed by atoms with Crippen LogP contribution in [-0.2, 0) is 4.79 Å². The number of aromatic nitrogens is 3. The Balaban J connectivity index is 1.50. The van der Waals surface area contributed by atoms with E-state index in [2.05, 4.69) is 20.4 Å². The van der Waals surface area contributed by atoms with Crippen molar-refractivity contribution in [2.24, 2.45) is 0 Å². The van der Waals surface area contributed by atoms with E-state index in [9.17, 15) is 9.59 Å². The molecule has 9 heteroatoms. The van der Waals surface area contributed by atoms with Crippen LogP contribution < -0.4 is 15.6 Å². The van der Waals surface area contributed by atoms with Crippen LogP contribution in [0.2, 0.25) is 0 Å². The van der Waals surface area contributed by atoms with Crippen molar-refractivity contribution in [2.75, 3.05) is 26.2 Å². The molecule has 28 heavy (non-hydrogen) atoms. The minimum Gasteiger partial charge on any atom is -0.484 e. The van der Waals surface area contributed by atoms with Gasteiger partial charge in [-0.25, -0.2) is 0 Å². The van der Waals surface area contributed by atoms with Crippen LogP contribution in [0.1, 0.15) is 11.9 Å². The summed E-state index contributed by atoms with van der Waals surface area (Å²) in [6, 6.07) is 12.0. The zero-order valence-electron chi connectivity index (χ0n) is 15.0. The molecule has 0 bridgehead atoms. The van der Waals surface area contributed by atoms with E-state index in [1.54, 1.807) is 29.2 Å². The summed E-state index contributed by atoms with van der Waals surface area (Å²) in [6.07, 6.45) is 1.53. The minimum atomic E-state index is -0.426. The second kappa shape index (κ2) is 8.05. The van der Waals surface area contributed by atoms with E-state index in [1.807, 2.05) is 18.2 Å². The molecular weight excluding hydrogens is 362 g/mol. The average Bonchev–Trinajstić information content (AvgIpc) is 3.23. The van der Waals surface area contributed by atoms with Crippen molar-refractivity contribution in [1.29, 1.82) is 0 Å². The van der Waals surface area contributed by atoms with E-state index in [1.165, 1.54) is 6.20 Å². The van der Waals surface area contributed by atoms with Crippen LogP contribution in [0.15, 0.2) is 58.0 Å². The van der Waals surface area contributed by atoms with Crippen molar-refractivity contribution in [3.8, 4) is 17.1 Å². The number of pyridine rings is 1. The number of ether oxygens (including phenoxy) is 1. The Morgan fingerprint density at radius 1 is 1.25 bits per heavy atom. The molecule has 0 aliphatic carbocycles. The number of rotatable bonds is 5. The second-order valence-electron chi connectivity index (χ2n) is 6.28. The molecule has 0 saturated carbocycles. The van der Waals surface area contributed by atoms with Gasteiger partial charge in [-0.15, -0.1) is 0 Å². The number of carbonyl (C=O) groups is 1. The zero-order chi connectivity index (χ0) is 19.3. The van der Waals surface area contributed by atoms with Gasteiger partial charge in [0.1, 0.15) is 11.8 Å². The normalized spacial score (nSPS) is 16.7. The van der Waals surface area contributed by atoms with E-state index >= 15 is 0 Å². The molecule has 1 aliphatic rings. The number of aromatic amines is 1. The number of para-hydroxylation sites is 1. The van der Waals surface area contributed by atoms with Crippen molar-refractivity contribution in [2.45, 2.75) is 6.04 Å². The van der Waals surface area contributed by atoms with Crippen LogP contribution in [0.4, 0.5) is 0 Å². The summed E-state index contributed by atoms with van der Waals surface area (Å²) < 4.78 is 10.9. The predicted octanol–water partition coefficient (Wildman–Crippen LogP) is 0.977. The number of amides is 1. The van der Waals surface area contributed by atoms with E-state index in [-0.39, 0.29) is 29.8 Å². The Bertz CT molecular complexity index is 1000. The van der Waals surface area contributed by atoms with E-state index in [0.717, 1.165) is 0 Å². The van der Waals surface area contributed by atoms with Crippen molar-refractivity contribution in [3.05, 3.63) is 64.9 Å². The van der Waals surface area contributed by atoms with Crippen LogP contribution in [0, 0.1) is 0 Å². The molecule has 2 aromatic heterocycles. The molecule has 2 N–H and O–H groups in total. The Hall–Kier alpha value is -3.46. The molecule has 3 aromatic rings. The first-order valence-electron chi connectivity index (χ1n) is 8.92. The van der Waals surface area contributed by atoms with Crippen LogP contribution >= 0.6 is 0 Å². The van der Waals surface area contributed by atoms with Gasteiger partial charge in [0, 0.05) is 25.8 Å². The summed E-state index contributed by atoms with van der Waals surface area (Å²) in [5.74, 6) is 0.924. The third-order valence-electron chi connectivity index (χ3n) is 4.46. The molecule has 0 unspecified atom stereocenters. The fourth-order valence-corrected chi connectivity index (χ4v) is 3.05. The molecule has 9 nitrogen and oxygen atoms in total. The molecular formula is C19H19N5O4. The highest BCUT2D eigenvalue weighted by molar-refractivity contribution is 5.78. The Labute approximate surface area is 160 Å². The van der Waals surface area contributed by atoms with Crippen LogP contribution in [-0.4, -0.2) is 52.2 Å². The number of piperazine rings is 1. The summed E-state index contributed by atoms with van der Waals surface area (Å²) in [4.78, 5) is 33.2. The summed E-state index contributed by atoms with van der Waals surface area (Å²) >= 11 is 0. The van der Waals surface area contributed by atoms with Gasteiger partial charge in [-0.2, -0.15) is 4.98 Å². The molecule has 1 aromatic carbocycles. The van der Waals surface area contributed by atoms with Gasteiger partial charge in [0.2, 0.25) is 5.82 Å². The lowest BCUT2D eigenvalue weighted by Gasteiger charge is -2.33. The largest absolute Gasteiger partial charge is 0.484 e. The third-order valence-corrected chi connectivity index (χ3v) is 4.46. The monoisotopic (exact) mass is 381 g/mol. The Morgan fingerprint density at radius 2 is 2.11 bits per heavy atom. The van der Waals surface area contributed by atoms with E-state index in [0.29, 0.717) is 30.9 Å². The van der Waals surface area contributed by atoms with Gasteiger partial charge in [-0.1, -0.05) is 23.4 Å². The van der Waals surface area contributed by atoms with Crippen LogP contribution in [0.25, 0.3) is 11.4 Å². The van der Waals surface area contributed by atoms with Gasteiger partial charge in [-0.05, 0) is 24.3 Å². The number of carbonyl (C=O) groups excluding carboxylic acids is 1. The summed E-state index contributed by atoms with van der Waals surface area (Å²) in [5, 5.41) is 7.13. The SMILES string of the molecule is O=C(COc1ccccc1)N1CCNC[C@@H]1c1nc(-c2ccc[nH]c2=O)no1. The van der Waals surface area contributed by atoms with Gasteiger partial charge in [-0.3, -0.25) is 9.59 Å². The Kier molecular flexibility index (Phi) is 5.16. The van der Waals surface area contributed by atoms with Gasteiger partial charge >= 0.3 is 0 Å². The number of benzene rings is 1. The second-order valence-corrected chi connectivity index (χ2v) is 6.28. The lowest BCUT2D eigenvalue weighted by Crippen LogP contribution is -2.50. The first-order chi connectivity index (χ1) is 13.7. The number of hydrogen-bond acceptors (Lipinski definition) is 7. The first-order valence-corrected chi connectivity index (χ1v) is 8.92. The number of nitrogens with one attached hydrogen (secondary N) is 2. The highest BCUT2D eigenvalue weighted by Gasteiger charge is 2.32. The summed E-state index contributed by atoms with van der Waals surface area (Å²) in [6.45, 7) is 1.54. The summed E-state index contributed by atoms with van der Waals surface area (Å²) in [7, 11) is 0. The van der Waals surface area contributed by atoms with Crippen LogP contribution in [0.5, 0.6) is 5.75 Å². The molecule has 0 radical (unpaired) electrons. The van der Waals surface area contributed by atoms with Gasteiger partial charge < -0.3 is 24.5 Å². The zero-order valence-corrected chi connectivity index (χ0v) is 15.0. The minimum absolute atomic E-state index is 0.0835. The molecule has 1 saturated heterocycles. The summed E-state index contributed by atoms with van der Waals surface area (Å²) in [5.41, 5.74) is 0.00682. The molecule has 1 fully saturated rings. The van der Waals surface area contributed by atoms with Crippen molar-refractivity contribution in [3.63, 3.8) is 0 Å². The predicted molar refractivity (Wildman–Crippen MR) is 99.6 cm³/mol. The maximum atomic E-state index is 12.7.